The molecule has 30 heavy (non-hydrogen) atoms. The Balaban J connectivity index is 2.09. The van der Waals surface area contributed by atoms with E-state index >= 15 is 0 Å². The van der Waals surface area contributed by atoms with Gasteiger partial charge in [0.2, 0.25) is 0 Å². The van der Waals surface area contributed by atoms with Gasteiger partial charge in [-0.1, -0.05) is 18.2 Å². The van der Waals surface area contributed by atoms with E-state index in [1.165, 1.54) is 29.3 Å². The number of non-ortho nitro benzene ring substituents is 1. The van der Waals surface area contributed by atoms with E-state index in [1.54, 1.807) is 18.2 Å². The van der Waals surface area contributed by atoms with Crippen LogP contribution in [0.3, 0.4) is 0 Å². The van der Waals surface area contributed by atoms with Gasteiger partial charge in [0.1, 0.15) is 11.8 Å². The molecular weight excluding hydrogens is 390 g/mol. The molecule has 0 spiro atoms. The van der Waals surface area contributed by atoms with E-state index in [9.17, 15) is 24.8 Å². The van der Waals surface area contributed by atoms with Crippen LogP contribution in [0.5, 0.6) is 0 Å². The highest BCUT2D eigenvalue weighted by Crippen LogP contribution is 2.38. The van der Waals surface area contributed by atoms with Crippen molar-refractivity contribution in [3.05, 3.63) is 75.6 Å². The Morgan fingerprint density at radius 2 is 2.03 bits per heavy atom. The lowest BCUT2D eigenvalue weighted by atomic mass is 9.98. The number of amides is 1. The zero-order valence-corrected chi connectivity index (χ0v) is 16.5. The first kappa shape index (κ1) is 21.1. The van der Waals surface area contributed by atoms with E-state index in [-0.39, 0.29) is 36.1 Å². The molecule has 1 saturated heterocycles. The summed E-state index contributed by atoms with van der Waals surface area (Å²) in [6.07, 6.45) is 1.47. The summed E-state index contributed by atoms with van der Waals surface area (Å²) in [5.74, 6) is -2.15. The topological polar surface area (TPSA) is 123 Å². The SMILES string of the molecule is CC(C)OCCN1C(=O)C(=O)/C(=C(\O)c2cccc([N+](=O)[O-])c2)C1c1ccccn1. The van der Waals surface area contributed by atoms with Gasteiger partial charge in [-0.15, -0.1) is 0 Å². The monoisotopic (exact) mass is 411 g/mol. The molecule has 0 radical (unpaired) electrons. The zero-order chi connectivity index (χ0) is 21.8. The van der Waals surface area contributed by atoms with Crippen molar-refractivity contribution in [3.8, 4) is 0 Å². The standard InChI is InChI=1S/C21H21N3O6/c1-13(2)30-11-10-23-18(16-8-3-4-9-22-16)17(20(26)21(23)27)19(25)14-6-5-7-15(12-14)24(28)29/h3-9,12-13,18,25H,10-11H2,1-2H3/b19-17-. The van der Waals surface area contributed by atoms with Crippen molar-refractivity contribution >= 4 is 23.1 Å². The normalized spacial score (nSPS) is 18.2. The number of aliphatic hydroxyl groups excluding tert-OH is 1. The number of ether oxygens (including phenoxy) is 1. The largest absolute Gasteiger partial charge is 0.507 e. The molecule has 1 aliphatic rings. The number of nitro groups is 1. The van der Waals surface area contributed by atoms with Gasteiger partial charge in [0, 0.05) is 30.4 Å². The number of pyridine rings is 1. The number of hydrogen-bond donors (Lipinski definition) is 1. The second-order valence-electron chi connectivity index (χ2n) is 6.97. The summed E-state index contributed by atoms with van der Waals surface area (Å²) in [6, 6.07) is 9.38. The molecule has 0 saturated carbocycles. The maximum Gasteiger partial charge on any atom is 0.295 e. The maximum absolute atomic E-state index is 12.8. The van der Waals surface area contributed by atoms with Crippen LogP contribution in [0.15, 0.2) is 54.2 Å². The number of benzene rings is 1. The molecule has 1 aromatic heterocycles. The maximum atomic E-state index is 12.8. The Morgan fingerprint density at radius 1 is 1.27 bits per heavy atom. The molecule has 156 valence electrons. The van der Waals surface area contributed by atoms with Gasteiger partial charge in [0.05, 0.1) is 28.9 Å². The van der Waals surface area contributed by atoms with Crippen molar-refractivity contribution in [3.63, 3.8) is 0 Å². The minimum Gasteiger partial charge on any atom is -0.507 e. The number of Topliss-reactive ketones (excluding diaryl/α,β-unsaturated/α-hetero) is 1. The third kappa shape index (κ3) is 4.20. The molecule has 1 aliphatic heterocycles. The van der Waals surface area contributed by atoms with Crippen LogP contribution < -0.4 is 0 Å². The average Bonchev–Trinajstić information content (AvgIpc) is 2.98. The Labute approximate surface area is 172 Å². The third-order valence-electron chi connectivity index (χ3n) is 4.62. The predicted molar refractivity (Wildman–Crippen MR) is 107 cm³/mol. The number of nitrogens with zero attached hydrogens (tertiary/aromatic N) is 3. The molecule has 1 fully saturated rings. The molecule has 0 bridgehead atoms. The highest BCUT2D eigenvalue weighted by atomic mass is 16.6. The van der Waals surface area contributed by atoms with Crippen LogP contribution in [0.1, 0.15) is 31.1 Å². The number of aromatic nitrogens is 1. The molecule has 1 unspecified atom stereocenters. The minimum atomic E-state index is -0.929. The lowest BCUT2D eigenvalue weighted by molar-refractivity contribution is -0.384. The Bertz CT molecular complexity index is 1000. The summed E-state index contributed by atoms with van der Waals surface area (Å²) in [4.78, 5) is 41.6. The van der Waals surface area contributed by atoms with E-state index in [0.717, 1.165) is 6.07 Å². The number of carbonyl (C=O) groups is 2. The highest BCUT2D eigenvalue weighted by molar-refractivity contribution is 6.46. The molecule has 1 aromatic carbocycles. The number of rotatable bonds is 7. The molecule has 1 atom stereocenters. The molecule has 9 heteroatoms. The van der Waals surface area contributed by atoms with Gasteiger partial charge < -0.3 is 14.7 Å². The molecule has 1 amide bonds. The summed E-state index contributed by atoms with van der Waals surface area (Å²) in [6.45, 7) is 4.03. The summed E-state index contributed by atoms with van der Waals surface area (Å²) >= 11 is 0. The van der Waals surface area contributed by atoms with Gasteiger partial charge in [-0.3, -0.25) is 24.7 Å². The first-order valence-corrected chi connectivity index (χ1v) is 9.37. The second kappa shape index (κ2) is 8.83. The molecular formula is C21H21N3O6. The summed E-state index contributed by atoms with van der Waals surface area (Å²) in [7, 11) is 0. The molecule has 2 heterocycles. The van der Waals surface area contributed by atoms with Gasteiger partial charge in [-0.25, -0.2) is 0 Å². The summed E-state index contributed by atoms with van der Waals surface area (Å²) in [5, 5.41) is 22.0. The summed E-state index contributed by atoms with van der Waals surface area (Å²) in [5.41, 5.74) is 0.0616. The van der Waals surface area contributed by atoms with Crippen LogP contribution in [0.2, 0.25) is 0 Å². The van der Waals surface area contributed by atoms with Crippen molar-refractivity contribution in [1.29, 1.82) is 0 Å². The fourth-order valence-electron chi connectivity index (χ4n) is 3.26. The number of carbonyl (C=O) groups excluding carboxylic acids is 2. The minimum absolute atomic E-state index is 0.0556. The van der Waals surface area contributed by atoms with Gasteiger partial charge in [0.25, 0.3) is 17.4 Å². The number of aliphatic hydroxyl groups is 1. The van der Waals surface area contributed by atoms with Crippen LogP contribution in [0.25, 0.3) is 5.76 Å². The Morgan fingerprint density at radius 3 is 2.67 bits per heavy atom. The van der Waals surface area contributed by atoms with Crippen molar-refractivity contribution in [1.82, 2.24) is 9.88 Å². The van der Waals surface area contributed by atoms with E-state index < -0.39 is 28.4 Å². The van der Waals surface area contributed by atoms with Gasteiger partial charge in [0.15, 0.2) is 0 Å². The fraction of sp³-hybridized carbons (Fsp3) is 0.286. The van der Waals surface area contributed by atoms with Crippen LogP contribution in [0.4, 0.5) is 5.69 Å². The first-order chi connectivity index (χ1) is 14.3. The van der Waals surface area contributed by atoms with Crippen molar-refractivity contribution < 1.29 is 24.4 Å². The Hall–Kier alpha value is -3.59. The van der Waals surface area contributed by atoms with E-state index in [0.29, 0.717) is 5.69 Å². The van der Waals surface area contributed by atoms with E-state index in [2.05, 4.69) is 4.98 Å². The third-order valence-corrected chi connectivity index (χ3v) is 4.62. The lowest BCUT2D eigenvalue weighted by Crippen LogP contribution is -2.33. The van der Waals surface area contributed by atoms with Crippen molar-refractivity contribution in [2.75, 3.05) is 13.2 Å². The van der Waals surface area contributed by atoms with Crippen LogP contribution in [0, 0.1) is 10.1 Å². The molecule has 9 nitrogen and oxygen atoms in total. The lowest BCUT2D eigenvalue weighted by Gasteiger charge is -2.24. The molecule has 1 N–H and O–H groups in total. The number of nitro benzene ring substituents is 1. The first-order valence-electron chi connectivity index (χ1n) is 9.37. The predicted octanol–water partition coefficient (Wildman–Crippen LogP) is 2.84. The summed E-state index contributed by atoms with van der Waals surface area (Å²) < 4.78 is 5.51. The smallest absolute Gasteiger partial charge is 0.295 e. The van der Waals surface area contributed by atoms with E-state index in [4.69, 9.17) is 4.74 Å². The Kier molecular flexibility index (Phi) is 6.22. The average molecular weight is 411 g/mol. The van der Waals surface area contributed by atoms with Gasteiger partial charge >= 0.3 is 0 Å². The highest BCUT2D eigenvalue weighted by Gasteiger charge is 2.46. The second-order valence-corrected chi connectivity index (χ2v) is 6.97. The number of ketones is 1. The van der Waals surface area contributed by atoms with Crippen molar-refractivity contribution in [2.24, 2.45) is 0 Å². The van der Waals surface area contributed by atoms with Crippen molar-refractivity contribution in [2.45, 2.75) is 26.0 Å². The fourth-order valence-corrected chi connectivity index (χ4v) is 3.26. The molecule has 3 rings (SSSR count). The van der Waals surface area contributed by atoms with Gasteiger partial charge in [-0.2, -0.15) is 0 Å². The van der Waals surface area contributed by atoms with Crippen LogP contribution >= 0.6 is 0 Å². The molecule has 2 aromatic rings. The number of likely N-dealkylation sites (tertiary alicyclic amines) is 1. The number of hydrogen-bond acceptors (Lipinski definition) is 7. The molecule has 0 aliphatic carbocycles. The zero-order valence-electron chi connectivity index (χ0n) is 16.5. The van der Waals surface area contributed by atoms with Crippen LogP contribution in [-0.2, 0) is 14.3 Å². The van der Waals surface area contributed by atoms with Crippen LogP contribution in [-0.4, -0.2) is 50.9 Å². The van der Waals surface area contributed by atoms with Gasteiger partial charge in [-0.05, 0) is 26.0 Å². The quantitative estimate of drug-likeness (QED) is 0.244. The van der Waals surface area contributed by atoms with E-state index in [1.807, 2.05) is 13.8 Å².